The van der Waals surface area contributed by atoms with Gasteiger partial charge in [0.05, 0.1) is 19.8 Å². The van der Waals surface area contributed by atoms with E-state index in [0.717, 1.165) is 5.56 Å². The fourth-order valence-electron chi connectivity index (χ4n) is 3.49. The van der Waals surface area contributed by atoms with Crippen molar-refractivity contribution in [2.45, 2.75) is 6.42 Å². The molecular weight excluding hydrogens is 431 g/mol. The number of methoxy groups -OCH3 is 2. The smallest absolute Gasteiger partial charge is 0.278 e. The molecule has 2 amide bonds. The minimum atomic E-state index is -0.407. The number of rotatable bonds is 8. The van der Waals surface area contributed by atoms with Crippen LogP contribution in [0, 0.1) is 5.82 Å². The van der Waals surface area contributed by atoms with Crippen molar-refractivity contribution in [1.29, 1.82) is 0 Å². The first-order chi connectivity index (χ1) is 15.5. The number of carbonyl (C=O) groups is 2. The molecule has 6 nitrogen and oxygen atoms in total. The third kappa shape index (κ3) is 4.22. The van der Waals surface area contributed by atoms with E-state index >= 15 is 0 Å². The second-order valence-electron chi connectivity index (χ2n) is 7.06. The summed E-state index contributed by atoms with van der Waals surface area (Å²) in [6.07, 6.45) is 0.430. The van der Waals surface area contributed by atoms with Crippen LogP contribution in [0.1, 0.15) is 10.4 Å². The Morgan fingerprint density at radius 2 is 1.72 bits per heavy atom. The van der Waals surface area contributed by atoms with Crippen LogP contribution in [0.3, 0.4) is 0 Å². The lowest BCUT2D eigenvalue weighted by molar-refractivity contribution is -0.136. The van der Waals surface area contributed by atoms with E-state index in [1.165, 1.54) is 35.5 Å². The highest BCUT2D eigenvalue weighted by atomic mass is 32.1. The minimum Gasteiger partial charge on any atom is -0.493 e. The maximum Gasteiger partial charge on any atom is 0.278 e. The predicted octanol–water partition coefficient (Wildman–Crippen LogP) is 4.34. The van der Waals surface area contributed by atoms with Crippen LogP contribution in [-0.2, 0) is 16.0 Å². The molecule has 0 radical (unpaired) electrons. The quantitative estimate of drug-likeness (QED) is 0.515. The van der Waals surface area contributed by atoms with Gasteiger partial charge in [0.2, 0.25) is 0 Å². The van der Waals surface area contributed by atoms with Gasteiger partial charge in [0.1, 0.15) is 11.5 Å². The maximum absolute atomic E-state index is 13.3. The molecule has 0 unspecified atom stereocenters. The standard InChI is InChI=1S/C24H21FN2O4S/c1-30-18-10-9-17(14-19(18)31-2)26-22-21(20-4-3-13-32-20)23(28)27(24(22)29)12-11-15-5-7-16(25)8-6-15/h3-10,13-14,26H,11-12H2,1-2H3. The highest BCUT2D eigenvalue weighted by Gasteiger charge is 2.39. The van der Waals surface area contributed by atoms with Gasteiger partial charge in [-0.2, -0.15) is 0 Å². The van der Waals surface area contributed by atoms with Crippen LogP contribution < -0.4 is 14.8 Å². The largest absolute Gasteiger partial charge is 0.493 e. The van der Waals surface area contributed by atoms with E-state index in [0.29, 0.717) is 34.1 Å². The average Bonchev–Trinajstić information content (AvgIpc) is 3.40. The Morgan fingerprint density at radius 1 is 0.969 bits per heavy atom. The summed E-state index contributed by atoms with van der Waals surface area (Å²) in [6.45, 7) is 0.190. The van der Waals surface area contributed by atoms with Crippen LogP contribution in [0.25, 0.3) is 5.57 Å². The Hall–Kier alpha value is -3.65. The van der Waals surface area contributed by atoms with Gasteiger partial charge in [-0.25, -0.2) is 4.39 Å². The van der Waals surface area contributed by atoms with Gasteiger partial charge in [-0.3, -0.25) is 14.5 Å². The highest BCUT2D eigenvalue weighted by molar-refractivity contribution is 7.11. The van der Waals surface area contributed by atoms with Gasteiger partial charge in [0, 0.05) is 23.2 Å². The molecule has 0 aliphatic carbocycles. The fraction of sp³-hybridized carbons (Fsp3) is 0.167. The first-order valence-corrected chi connectivity index (χ1v) is 10.8. The Morgan fingerprint density at radius 3 is 2.38 bits per heavy atom. The summed E-state index contributed by atoms with van der Waals surface area (Å²) in [5.41, 5.74) is 1.97. The van der Waals surface area contributed by atoms with Gasteiger partial charge in [-0.05, 0) is 47.7 Å². The molecule has 0 atom stereocenters. The van der Waals surface area contributed by atoms with Gasteiger partial charge in [-0.15, -0.1) is 11.3 Å². The van der Waals surface area contributed by atoms with E-state index < -0.39 is 5.91 Å². The van der Waals surface area contributed by atoms with Gasteiger partial charge < -0.3 is 14.8 Å². The van der Waals surface area contributed by atoms with Crippen LogP contribution in [-0.4, -0.2) is 37.5 Å². The van der Waals surface area contributed by atoms with Crippen molar-refractivity contribution in [2.75, 3.05) is 26.1 Å². The number of hydrogen-bond acceptors (Lipinski definition) is 6. The summed E-state index contributed by atoms with van der Waals surface area (Å²) in [6, 6.07) is 14.8. The lowest BCUT2D eigenvalue weighted by Gasteiger charge is -2.15. The average molecular weight is 453 g/mol. The number of nitrogens with zero attached hydrogens (tertiary/aromatic N) is 1. The summed E-state index contributed by atoms with van der Waals surface area (Å²) in [4.78, 5) is 28.4. The fourth-order valence-corrected chi connectivity index (χ4v) is 4.26. The van der Waals surface area contributed by atoms with E-state index in [2.05, 4.69) is 5.32 Å². The van der Waals surface area contributed by atoms with Crippen molar-refractivity contribution in [3.05, 3.63) is 81.9 Å². The van der Waals surface area contributed by atoms with Crippen molar-refractivity contribution < 1.29 is 23.5 Å². The Labute approximate surface area is 188 Å². The number of halogens is 1. The number of thiophene rings is 1. The molecule has 2 aromatic carbocycles. The zero-order valence-electron chi connectivity index (χ0n) is 17.6. The van der Waals surface area contributed by atoms with Gasteiger partial charge in [-0.1, -0.05) is 18.2 Å². The third-order valence-corrected chi connectivity index (χ3v) is 6.01. The van der Waals surface area contributed by atoms with Crippen LogP contribution >= 0.6 is 11.3 Å². The Balaban J connectivity index is 1.62. The number of hydrogen-bond donors (Lipinski definition) is 1. The lowest BCUT2D eigenvalue weighted by Crippen LogP contribution is -2.34. The molecule has 1 N–H and O–H groups in total. The summed E-state index contributed by atoms with van der Waals surface area (Å²) in [5.74, 6) is -0.0380. The van der Waals surface area contributed by atoms with Crippen molar-refractivity contribution >= 4 is 34.4 Å². The van der Waals surface area contributed by atoms with Gasteiger partial charge in [0.15, 0.2) is 11.5 Å². The molecule has 0 fully saturated rings. The summed E-state index contributed by atoms with van der Waals surface area (Å²) < 4.78 is 23.8. The number of nitrogens with one attached hydrogen (secondary N) is 1. The molecule has 164 valence electrons. The van der Waals surface area contributed by atoms with Crippen LogP contribution in [0.4, 0.5) is 10.1 Å². The van der Waals surface area contributed by atoms with Crippen molar-refractivity contribution in [3.8, 4) is 11.5 Å². The minimum absolute atomic E-state index is 0.190. The van der Waals surface area contributed by atoms with E-state index in [1.807, 2.05) is 17.5 Å². The number of anilines is 1. The van der Waals surface area contributed by atoms with Gasteiger partial charge >= 0.3 is 0 Å². The van der Waals surface area contributed by atoms with Crippen LogP contribution in [0.2, 0.25) is 0 Å². The zero-order chi connectivity index (χ0) is 22.7. The molecule has 8 heteroatoms. The topological polar surface area (TPSA) is 67.9 Å². The van der Waals surface area contributed by atoms with Crippen LogP contribution in [0.15, 0.2) is 65.7 Å². The normalized spacial score (nSPS) is 13.7. The summed E-state index contributed by atoms with van der Waals surface area (Å²) in [5, 5.41) is 4.97. The molecule has 0 bridgehead atoms. The molecule has 3 aromatic rings. The predicted molar refractivity (Wildman–Crippen MR) is 121 cm³/mol. The number of ether oxygens (including phenoxy) is 2. The van der Waals surface area contributed by atoms with E-state index in [4.69, 9.17) is 9.47 Å². The first-order valence-electron chi connectivity index (χ1n) is 9.89. The molecule has 1 aromatic heterocycles. The Kier molecular flexibility index (Phi) is 6.23. The lowest BCUT2D eigenvalue weighted by atomic mass is 10.1. The molecule has 0 spiro atoms. The van der Waals surface area contributed by atoms with E-state index in [1.54, 1.807) is 37.4 Å². The first kappa shape index (κ1) is 21.6. The molecular formula is C24H21FN2O4S. The number of imide groups is 1. The second kappa shape index (κ2) is 9.23. The number of benzene rings is 2. The van der Waals surface area contributed by atoms with E-state index in [9.17, 15) is 14.0 Å². The van der Waals surface area contributed by atoms with Gasteiger partial charge in [0.25, 0.3) is 11.8 Å². The molecule has 1 aliphatic rings. The molecule has 0 saturated carbocycles. The molecule has 32 heavy (non-hydrogen) atoms. The van der Waals surface area contributed by atoms with Crippen LogP contribution in [0.5, 0.6) is 11.5 Å². The summed E-state index contributed by atoms with van der Waals surface area (Å²) in [7, 11) is 3.07. The third-order valence-electron chi connectivity index (χ3n) is 5.13. The van der Waals surface area contributed by atoms with Crippen molar-refractivity contribution in [3.63, 3.8) is 0 Å². The maximum atomic E-state index is 13.3. The van der Waals surface area contributed by atoms with Crippen molar-refractivity contribution in [1.82, 2.24) is 4.90 Å². The second-order valence-corrected chi connectivity index (χ2v) is 8.01. The zero-order valence-corrected chi connectivity index (χ0v) is 18.4. The van der Waals surface area contributed by atoms with Crippen molar-refractivity contribution in [2.24, 2.45) is 0 Å². The molecule has 2 heterocycles. The summed E-state index contributed by atoms with van der Waals surface area (Å²) >= 11 is 1.39. The number of amides is 2. The number of carbonyl (C=O) groups excluding carboxylic acids is 2. The molecule has 4 rings (SSSR count). The SMILES string of the molecule is COc1ccc(NC2=C(c3cccs3)C(=O)N(CCc3ccc(F)cc3)C2=O)cc1OC. The monoisotopic (exact) mass is 452 g/mol. The van der Waals surface area contributed by atoms with E-state index in [-0.39, 0.29) is 24.0 Å². The Bertz CT molecular complexity index is 1170. The molecule has 0 saturated heterocycles. The highest BCUT2D eigenvalue weighted by Crippen LogP contribution is 2.35. The molecule has 1 aliphatic heterocycles.